The van der Waals surface area contributed by atoms with Crippen molar-refractivity contribution in [1.82, 2.24) is 15.2 Å². The van der Waals surface area contributed by atoms with E-state index in [-0.39, 0.29) is 13.0 Å². The number of alkyl carbamates (subject to hydrolysis) is 1. The van der Waals surface area contributed by atoms with Crippen molar-refractivity contribution in [3.8, 4) is 5.75 Å². The van der Waals surface area contributed by atoms with E-state index in [1.54, 1.807) is 45.0 Å². The number of fused-ring (bicyclic) bond motifs is 1. The second-order valence-electron chi connectivity index (χ2n) is 10.2. The summed E-state index contributed by atoms with van der Waals surface area (Å²) >= 11 is 0. The van der Waals surface area contributed by atoms with Gasteiger partial charge in [0.1, 0.15) is 30.0 Å². The summed E-state index contributed by atoms with van der Waals surface area (Å²) < 4.78 is 11.4. The standard InChI is InChI=1S/C28H31N3O6/c1-18-15-19(22-7-5-6-8-23(22)29-18)17-36-21-11-9-20(10-12-21)28(30-26(35)37-27(2,3)4)13-14-31(25(28)34)16-24(32)33/h5-12,15H,13-14,16-17H2,1-4H3,(H,30,35)(H,32,33). The number of aliphatic carboxylic acids is 1. The van der Waals surface area contributed by atoms with E-state index in [1.165, 1.54) is 4.90 Å². The van der Waals surface area contributed by atoms with Crippen molar-refractivity contribution in [3.05, 3.63) is 71.4 Å². The molecule has 0 saturated carbocycles. The van der Waals surface area contributed by atoms with Crippen molar-refractivity contribution in [2.75, 3.05) is 13.1 Å². The van der Waals surface area contributed by atoms with E-state index >= 15 is 0 Å². The Morgan fingerprint density at radius 1 is 1.14 bits per heavy atom. The molecule has 4 rings (SSSR count). The minimum Gasteiger partial charge on any atom is -0.489 e. The Morgan fingerprint density at radius 3 is 2.51 bits per heavy atom. The Morgan fingerprint density at radius 2 is 1.84 bits per heavy atom. The third-order valence-corrected chi connectivity index (χ3v) is 6.12. The molecule has 1 aliphatic rings. The number of hydrogen-bond acceptors (Lipinski definition) is 6. The monoisotopic (exact) mass is 505 g/mol. The van der Waals surface area contributed by atoms with Crippen LogP contribution in [-0.2, 0) is 26.5 Å². The third kappa shape index (κ3) is 5.82. The van der Waals surface area contributed by atoms with Crippen molar-refractivity contribution in [2.45, 2.75) is 51.9 Å². The maximum absolute atomic E-state index is 13.4. The number of carbonyl (C=O) groups is 3. The maximum atomic E-state index is 13.4. The fourth-order valence-corrected chi connectivity index (χ4v) is 4.54. The molecular weight excluding hydrogens is 474 g/mol. The van der Waals surface area contributed by atoms with Gasteiger partial charge in [-0.2, -0.15) is 0 Å². The van der Waals surface area contributed by atoms with Gasteiger partial charge in [-0.15, -0.1) is 0 Å². The fourth-order valence-electron chi connectivity index (χ4n) is 4.54. The van der Waals surface area contributed by atoms with E-state index in [9.17, 15) is 19.5 Å². The highest BCUT2D eigenvalue weighted by atomic mass is 16.6. The van der Waals surface area contributed by atoms with Gasteiger partial charge in [0.05, 0.1) is 5.52 Å². The average Bonchev–Trinajstić information content (AvgIpc) is 3.11. The number of carbonyl (C=O) groups excluding carboxylic acids is 2. The number of rotatable bonds is 7. The fraction of sp³-hybridized carbons (Fsp3) is 0.357. The molecule has 1 atom stereocenters. The van der Waals surface area contributed by atoms with Crippen LogP contribution in [0.15, 0.2) is 54.6 Å². The van der Waals surface area contributed by atoms with Crippen molar-refractivity contribution < 1.29 is 29.0 Å². The predicted octanol–water partition coefficient (Wildman–Crippen LogP) is 4.16. The van der Waals surface area contributed by atoms with Gasteiger partial charge in [-0.05, 0) is 57.5 Å². The van der Waals surface area contributed by atoms with E-state index in [4.69, 9.17) is 9.47 Å². The van der Waals surface area contributed by atoms with E-state index < -0.39 is 35.7 Å². The van der Waals surface area contributed by atoms with Crippen LogP contribution in [0.3, 0.4) is 0 Å². The molecule has 1 aliphatic heterocycles. The van der Waals surface area contributed by atoms with Crippen LogP contribution in [0.2, 0.25) is 0 Å². The molecule has 2 aromatic carbocycles. The van der Waals surface area contributed by atoms with Crippen molar-refractivity contribution in [2.24, 2.45) is 0 Å². The van der Waals surface area contributed by atoms with Gasteiger partial charge >= 0.3 is 12.1 Å². The number of aromatic nitrogens is 1. The van der Waals surface area contributed by atoms with E-state index in [1.807, 2.05) is 37.3 Å². The van der Waals surface area contributed by atoms with Gasteiger partial charge in [-0.3, -0.25) is 14.6 Å². The Bertz CT molecular complexity index is 1330. The summed E-state index contributed by atoms with van der Waals surface area (Å²) in [4.78, 5) is 43.1. The number of aryl methyl sites for hydroxylation is 1. The molecule has 1 unspecified atom stereocenters. The smallest absolute Gasteiger partial charge is 0.408 e. The van der Waals surface area contributed by atoms with Gasteiger partial charge < -0.3 is 24.8 Å². The number of nitrogens with zero attached hydrogens (tertiary/aromatic N) is 2. The quantitative estimate of drug-likeness (QED) is 0.495. The highest BCUT2D eigenvalue weighted by Crippen LogP contribution is 2.35. The first-order valence-corrected chi connectivity index (χ1v) is 12.1. The number of amides is 2. The second-order valence-corrected chi connectivity index (χ2v) is 10.2. The Hall–Kier alpha value is -4.14. The van der Waals surface area contributed by atoms with Gasteiger partial charge in [0.15, 0.2) is 0 Å². The van der Waals surface area contributed by atoms with E-state index in [0.29, 0.717) is 17.9 Å². The second kappa shape index (κ2) is 10.1. The molecule has 2 heterocycles. The summed E-state index contributed by atoms with van der Waals surface area (Å²) in [5.41, 5.74) is 1.13. The number of carboxylic acid groups (broad SMARTS) is 1. The molecule has 0 bridgehead atoms. The molecule has 2 N–H and O–H groups in total. The number of pyridine rings is 1. The highest BCUT2D eigenvalue weighted by molar-refractivity contribution is 5.94. The molecule has 0 radical (unpaired) electrons. The largest absolute Gasteiger partial charge is 0.489 e. The molecule has 3 aromatic rings. The first kappa shape index (κ1) is 25.9. The van der Waals surface area contributed by atoms with Crippen LogP contribution in [0.1, 0.15) is 44.0 Å². The Balaban J connectivity index is 1.57. The average molecular weight is 506 g/mol. The molecule has 1 fully saturated rings. The number of nitrogens with one attached hydrogen (secondary N) is 1. The number of likely N-dealkylation sites (tertiary alicyclic amines) is 1. The summed E-state index contributed by atoms with van der Waals surface area (Å²) in [6, 6.07) is 16.8. The number of para-hydroxylation sites is 1. The zero-order valence-electron chi connectivity index (χ0n) is 21.4. The molecule has 9 heteroatoms. The number of ether oxygens (including phenoxy) is 2. The summed E-state index contributed by atoms with van der Waals surface area (Å²) in [6.07, 6.45) is -0.542. The molecule has 37 heavy (non-hydrogen) atoms. The zero-order chi connectivity index (χ0) is 26.8. The lowest BCUT2D eigenvalue weighted by atomic mass is 9.88. The van der Waals surface area contributed by atoms with Crippen LogP contribution < -0.4 is 10.1 Å². The first-order valence-electron chi connectivity index (χ1n) is 12.1. The molecular formula is C28H31N3O6. The van der Waals surface area contributed by atoms with Gasteiger partial charge in [0, 0.05) is 29.6 Å². The lowest BCUT2D eigenvalue weighted by Crippen LogP contribution is -2.53. The Labute approximate surface area is 215 Å². The lowest BCUT2D eigenvalue weighted by molar-refractivity contribution is -0.144. The summed E-state index contributed by atoms with van der Waals surface area (Å²) in [7, 11) is 0. The molecule has 0 aliphatic carbocycles. The SMILES string of the molecule is Cc1cc(COc2ccc(C3(NC(=O)OC(C)(C)C)CCN(CC(=O)O)C3=O)cc2)c2ccccc2n1. The maximum Gasteiger partial charge on any atom is 0.408 e. The van der Waals surface area contributed by atoms with Crippen molar-refractivity contribution in [3.63, 3.8) is 0 Å². The van der Waals surface area contributed by atoms with Gasteiger partial charge in [-0.1, -0.05) is 30.3 Å². The van der Waals surface area contributed by atoms with Crippen LogP contribution in [0.25, 0.3) is 10.9 Å². The number of hydrogen-bond donors (Lipinski definition) is 2. The van der Waals surface area contributed by atoms with Crippen molar-refractivity contribution >= 4 is 28.9 Å². The molecule has 2 amide bonds. The molecule has 1 saturated heterocycles. The van der Waals surface area contributed by atoms with Gasteiger partial charge in [-0.25, -0.2) is 4.79 Å². The third-order valence-electron chi connectivity index (χ3n) is 6.12. The van der Waals surface area contributed by atoms with Crippen LogP contribution in [0.4, 0.5) is 4.79 Å². The summed E-state index contributed by atoms with van der Waals surface area (Å²) in [6.45, 7) is 7.19. The van der Waals surface area contributed by atoms with Crippen molar-refractivity contribution in [1.29, 1.82) is 0 Å². The number of carboxylic acids is 1. The summed E-state index contributed by atoms with van der Waals surface area (Å²) in [5.74, 6) is -1.03. The molecule has 1 aromatic heterocycles. The van der Waals surface area contributed by atoms with Gasteiger partial charge in [0.2, 0.25) is 0 Å². The minimum atomic E-state index is -1.44. The highest BCUT2D eigenvalue weighted by Gasteiger charge is 2.50. The topological polar surface area (TPSA) is 118 Å². The van der Waals surface area contributed by atoms with Gasteiger partial charge in [0.25, 0.3) is 5.91 Å². The first-order chi connectivity index (χ1) is 17.5. The minimum absolute atomic E-state index is 0.188. The number of benzene rings is 2. The van der Waals surface area contributed by atoms with Crippen LogP contribution >= 0.6 is 0 Å². The van der Waals surface area contributed by atoms with Crippen LogP contribution in [-0.4, -0.2) is 51.7 Å². The zero-order valence-corrected chi connectivity index (χ0v) is 21.4. The van der Waals surface area contributed by atoms with Crippen LogP contribution in [0, 0.1) is 6.92 Å². The van der Waals surface area contributed by atoms with Crippen LogP contribution in [0.5, 0.6) is 5.75 Å². The molecule has 0 spiro atoms. The Kier molecular flexibility index (Phi) is 7.07. The van der Waals surface area contributed by atoms with E-state index in [2.05, 4.69) is 10.3 Å². The molecule has 194 valence electrons. The normalized spacial score (nSPS) is 17.6. The lowest BCUT2D eigenvalue weighted by Gasteiger charge is -2.31. The van der Waals surface area contributed by atoms with E-state index in [0.717, 1.165) is 22.2 Å². The predicted molar refractivity (Wildman–Crippen MR) is 137 cm³/mol. The summed E-state index contributed by atoms with van der Waals surface area (Å²) in [5, 5.41) is 13.0. The molecule has 9 nitrogen and oxygen atoms in total.